The zero-order valence-electron chi connectivity index (χ0n) is 8.95. The number of rotatable bonds is 2. The number of esters is 1. The molecule has 2 rings (SSSR count). The summed E-state index contributed by atoms with van der Waals surface area (Å²) in [5.41, 5.74) is -0.539. The van der Waals surface area contributed by atoms with Crippen molar-refractivity contribution in [3.63, 3.8) is 0 Å². The molecule has 1 heterocycles. The summed E-state index contributed by atoms with van der Waals surface area (Å²) in [5, 5.41) is 12.3. The van der Waals surface area contributed by atoms with Crippen LogP contribution in [-0.2, 0) is 9.53 Å². The number of hydrogen-bond acceptors (Lipinski definition) is 4. The molecule has 0 aromatic heterocycles. The van der Waals surface area contributed by atoms with E-state index >= 15 is 0 Å². The van der Waals surface area contributed by atoms with Gasteiger partial charge in [0.05, 0.1) is 24.0 Å². The first-order valence-corrected chi connectivity index (χ1v) is 5.56. The predicted molar refractivity (Wildman–Crippen MR) is 53.8 cm³/mol. The van der Waals surface area contributed by atoms with Crippen molar-refractivity contribution in [1.29, 1.82) is 5.26 Å². The van der Waals surface area contributed by atoms with Gasteiger partial charge in [-0.2, -0.15) is 5.26 Å². The molecule has 3 atom stereocenters. The molecule has 15 heavy (non-hydrogen) atoms. The fourth-order valence-corrected chi connectivity index (χ4v) is 2.83. The highest BCUT2D eigenvalue weighted by Crippen LogP contribution is 2.52. The highest BCUT2D eigenvalue weighted by atomic mass is 16.5. The molecule has 0 amide bonds. The molecule has 4 nitrogen and oxygen atoms in total. The van der Waals surface area contributed by atoms with Gasteiger partial charge in [-0.3, -0.25) is 4.79 Å². The summed E-state index contributed by atoms with van der Waals surface area (Å²) in [6, 6.07) is 2.40. The van der Waals surface area contributed by atoms with E-state index in [-0.39, 0.29) is 17.9 Å². The van der Waals surface area contributed by atoms with Crippen molar-refractivity contribution in [2.75, 3.05) is 13.2 Å². The van der Waals surface area contributed by atoms with Gasteiger partial charge in [0, 0.05) is 6.04 Å². The lowest BCUT2D eigenvalue weighted by atomic mass is 9.53. The van der Waals surface area contributed by atoms with E-state index in [1.165, 1.54) is 0 Å². The third-order valence-electron chi connectivity index (χ3n) is 3.68. The number of fused-ring (bicyclic) bond motifs is 1. The van der Waals surface area contributed by atoms with E-state index in [0.29, 0.717) is 6.61 Å². The standard InChI is InChI=1S/C11H16N2O2/c1-2-15-10(14)11-4-3-5-13-9(11)6-8(11)7-12/h8-9,13H,2-6H2,1H3/t8-,9-,11-/m0/s1. The molecule has 4 heteroatoms. The minimum Gasteiger partial charge on any atom is -0.465 e. The number of carbonyl (C=O) groups excluding carboxylic acids is 1. The van der Waals surface area contributed by atoms with Crippen LogP contribution in [0.4, 0.5) is 0 Å². The van der Waals surface area contributed by atoms with E-state index in [2.05, 4.69) is 11.4 Å². The Morgan fingerprint density at radius 1 is 1.73 bits per heavy atom. The molecule has 1 aliphatic heterocycles. The molecule has 1 saturated heterocycles. The zero-order chi connectivity index (χ0) is 10.9. The van der Waals surface area contributed by atoms with Crippen LogP contribution in [0.1, 0.15) is 26.2 Å². The second-order valence-corrected chi connectivity index (χ2v) is 4.29. The Bertz CT molecular complexity index is 310. The average molecular weight is 208 g/mol. The van der Waals surface area contributed by atoms with Gasteiger partial charge in [0.25, 0.3) is 0 Å². The van der Waals surface area contributed by atoms with E-state index in [4.69, 9.17) is 10.00 Å². The third kappa shape index (κ3) is 1.34. The molecule has 0 unspecified atom stereocenters. The molecule has 1 N–H and O–H groups in total. The lowest BCUT2D eigenvalue weighted by molar-refractivity contribution is -0.172. The van der Waals surface area contributed by atoms with Crippen LogP contribution >= 0.6 is 0 Å². The van der Waals surface area contributed by atoms with Gasteiger partial charge in [-0.05, 0) is 32.7 Å². The minimum atomic E-state index is -0.539. The summed E-state index contributed by atoms with van der Waals surface area (Å²) < 4.78 is 5.11. The number of hydrogen-bond donors (Lipinski definition) is 1. The molecule has 0 aromatic rings. The predicted octanol–water partition coefficient (Wildman–Crippen LogP) is 0.831. The quantitative estimate of drug-likeness (QED) is 0.683. The van der Waals surface area contributed by atoms with Gasteiger partial charge in [-0.15, -0.1) is 0 Å². The van der Waals surface area contributed by atoms with Crippen LogP contribution in [0, 0.1) is 22.7 Å². The number of piperidine rings is 1. The summed E-state index contributed by atoms with van der Waals surface area (Å²) in [7, 11) is 0. The van der Waals surface area contributed by atoms with Crippen molar-refractivity contribution in [2.24, 2.45) is 11.3 Å². The number of carbonyl (C=O) groups is 1. The Hall–Kier alpha value is -1.08. The van der Waals surface area contributed by atoms with Crippen LogP contribution in [-0.4, -0.2) is 25.2 Å². The number of ether oxygens (including phenoxy) is 1. The fraction of sp³-hybridized carbons (Fsp3) is 0.818. The van der Waals surface area contributed by atoms with Crippen LogP contribution in [0.3, 0.4) is 0 Å². The minimum absolute atomic E-state index is 0.158. The fourth-order valence-electron chi connectivity index (χ4n) is 2.83. The Morgan fingerprint density at radius 3 is 3.13 bits per heavy atom. The molecule has 1 saturated carbocycles. The van der Waals surface area contributed by atoms with Gasteiger partial charge < -0.3 is 10.1 Å². The Kier molecular flexibility index (Phi) is 2.66. The Labute approximate surface area is 89.6 Å². The highest BCUT2D eigenvalue weighted by molar-refractivity contribution is 5.80. The van der Waals surface area contributed by atoms with Crippen molar-refractivity contribution in [2.45, 2.75) is 32.2 Å². The first-order chi connectivity index (χ1) is 7.25. The van der Waals surface area contributed by atoms with Crippen molar-refractivity contribution >= 4 is 5.97 Å². The van der Waals surface area contributed by atoms with Crippen molar-refractivity contribution in [3.05, 3.63) is 0 Å². The molecule has 2 fully saturated rings. The smallest absolute Gasteiger partial charge is 0.315 e. The van der Waals surface area contributed by atoms with Crippen LogP contribution in [0.5, 0.6) is 0 Å². The van der Waals surface area contributed by atoms with E-state index in [0.717, 1.165) is 25.8 Å². The van der Waals surface area contributed by atoms with Gasteiger partial charge in [0.2, 0.25) is 0 Å². The Balaban J connectivity index is 2.19. The zero-order valence-corrected chi connectivity index (χ0v) is 8.95. The second-order valence-electron chi connectivity index (χ2n) is 4.29. The highest BCUT2D eigenvalue weighted by Gasteiger charge is 2.62. The van der Waals surface area contributed by atoms with Crippen LogP contribution < -0.4 is 5.32 Å². The number of nitrogens with zero attached hydrogens (tertiary/aromatic N) is 1. The molecule has 0 aromatic carbocycles. The Morgan fingerprint density at radius 2 is 2.53 bits per heavy atom. The third-order valence-corrected chi connectivity index (χ3v) is 3.68. The number of nitrogens with one attached hydrogen (secondary N) is 1. The maximum Gasteiger partial charge on any atom is 0.315 e. The second kappa shape index (κ2) is 3.82. The van der Waals surface area contributed by atoms with Crippen molar-refractivity contribution < 1.29 is 9.53 Å². The van der Waals surface area contributed by atoms with E-state index < -0.39 is 5.41 Å². The summed E-state index contributed by atoms with van der Waals surface area (Å²) in [4.78, 5) is 11.9. The molecule has 2 aliphatic rings. The first kappa shape index (κ1) is 10.4. The van der Waals surface area contributed by atoms with Crippen molar-refractivity contribution in [3.8, 4) is 6.07 Å². The summed E-state index contributed by atoms with van der Waals surface area (Å²) in [5.74, 6) is -0.339. The van der Waals surface area contributed by atoms with Crippen LogP contribution in [0.15, 0.2) is 0 Å². The SMILES string of the molecule is CCOC(=O)[C@]12CCCN[C@H]1C[C@H]2C#N. The molecular formula is C11H16N2O2. The summed E-state index contributed by atoms with van der Waals surface area (Å²) >= 11 is 0. The van der Waals surface area contributed by atoms with Crippen LogP contribution in [0.2, 0.25) is 0 Å². The van der Waals surface area contributed by atoms with Gasteiger partial charge in [-0.25, -0.2) is 0 Å². The van der Waals surface area contributed by atoms with E-state index in [1.54, 1.807) is 6.92 Å². The van der Waals surface area contributed by atoms with Gasteiger partial charge >= 0.3 is 5.97 Å². The molecule has 0 bridgehead atoms. The van der Waals surface area contributed by atoms with Crippen LogP contribution in [0.25, 0.3) is 0 Å². The molecule has 0 spiro atoms. The average Bonchev–Trinajstić information content (AvgIpc) is 2.21. The summed E-state index contributed by atoms with van der Waals surface area (Å²) in [6.45, 7) is 3.15. The maximum absolute atomic E-state index is 11.9. The molecular weight excluding hydrogens is 192 g/mol. The largest absolute Gasteiger partial charge is 0.465 e. The first-order valence-electron chi connectivity index (χ1n) is 5.56. The van der Waals surface area contributed by atoms with E-state index in [1.807, 2.05) is 0 Å². The molecule has 0 radical (unpaired) electrons. The normalized spacial score (nSPS) is 38.4. The molecule has 82 valence electrons. The number of nitriles is 1. The van der Waals surface area contributed by atoms with Gasteiger partial charge in [0.1, 0.15) is 0 Å². The van der Waals surface area contributed by atoms with E-state index in [9.17, 15) is 4.79 Å². The lowest BCUT2D eigenvalue weighted by Crippen LogP contribution is -2.66. The lowest BCUT2D eigenvalue weighted by Gasteiger charge is -2.53. The summed E-state index contributed by atoms with van der Waals surface area (Å²) in [6.07, 6.45) is 2.53. The van der Waals surface area contributed by atoms with Gasteiger partial charge in [0.15, 0.2) is 0 Å². The van der Waals surface area contributed by atoms with Gasteiger partial charge in [-0.1, -0.05) is 0 Å². The maximum atomic E-state index is 11.9. The molecule has 1 aliphatic carbocycles. The monoisotopic (exact) mass is 208 g/mol. The topological polar surface area (TPSA) is 62.1 Å². The van der Waals surface area contributed by atoms with Crippen molar-refractivity contribution in [1.82, 2.24) is 5.32 Å².